The molecule has 0 spiro atoms. The van der Waals surface area contributed by atoms with Crippen LogP contribution in [-0.4, -0.2) is 64.1 Å². The van der Waals surface area contributed by atoms with Gasteiger partial charge in [0.25, 0.3) is 0 Å². The van der Waals surface area contributed by atoms with Gasteiger partial charge >= 0.3 is 0 Å². The van der Waals surface area contributed by atoms with Crippen LogP contribution < -0.4 is 5.32 Å². The molecule has 1 saturated heterocycles. The molecule has 3 aromatic rings. The summed E-state index contributed by atoms with van der Waals surface area (Å²) in [5.41, 5.74) is 2.33. The van der Waals surface area contributed by atoms with Crippen LogP contribution in [0.15, 0.2) is 36.8 Å². The number of carbonyl (C=O) groups is 1. The van der Waals surface area contributed by atoms with E-state index in [-0.39, 0.29) is 11.6 Å². The molecular formula is C21H20ClN7O3S. The SMILES string of the molecule is CS(=O)(=O)N1CCC(Nc2ncc(C#N)c(-c3cnn(-c4ccc(C=O)cc4Cl)c3)n2)CC1. The van der Waals surface area contributed by atoms with Crippen LogP contribution >= 0.6 is 11.6 Å². The van der Waals surface area contributed by atoms with E-state index in [0.717, 1.165) is 0 Å². The Labute approximate surface area is 195 Å². The molecule has 3 heterocycles. The Morgan fingerprint density at radius 1 is 1.27 bits per heavy atom. The Kier molecular flexibility index (Phi) is 6.42. The number of piperidine rings is 1. The smallest absolute Gasteiger partial charge is 0.223 e. The molecule has 10 nitrogen and oxygen atoms in total. The van der Waals surface area contributed by atoms with Crippen LogP contribution in [0.25, 0.3) is 16.9 Å². The minimum absolute atomic E-state index is 0.0154. The van der Waals surface area contributed by atoms with Crippen LogP contribution in [0.3, 0.4) is 0 Å². The van der Waals surface area contributed by atoms with E-state index in [1.165, 1.54) is 16.8 Å². The number of hydrogen-bond donors (Lipinski definition) is 1. The first kappa shape index (κ1) is 22.8. The fraction of sp³-hybridized carbons (Fsp3) is 0.286. The second-order valence-electron chi connectivity index (χ2n) is 7.65. The second kappa shape index (κ2) is 9.27. The molecule has 0 aliphatic carbocycles. The van der Waals surface area contributed by atoms with Crippen molar-refractivity contribution < 1.29 is 13.2 Å². The maximum Gasteiger partial charge on any atom is 0.223 e. The lowest BCUT2D eigenvalue weighted by atomic mass is 10.1. The molecule has 0 saturated carbocycles. The van der Waals surface area contributed by atoms with Gasteiger partial charge in [-0.3, -0.25) is 4.79 Å². The van der Waals surface area contributed by atoms with Crippen molar-refractivity contribution in [2.24, 2.45) is 0 Å². The van der Waals surface area contributed by atoms with Gasteiger partial charge in [-0.25, -0.2) is 27.4 Å². The lowest BCUT2D eigenvalue weighted by molar-refractivity contribution is 0.112. The molecule has 1 aliphatic heterocycles. The molecule has 0 atom stereocenters. The van der Waals surface area contributed by atoms with Crippen molar-refractivity contribution in [2.75, 3.05) is 24.7 Å². The highest BCUT2D eigenvalue weighted by molar-refractivity contribution is 7.88. The summed E-state index contributed by atoms with van der Waals surface area (Å²) >= 11 is 6.28. The van der Waals surface area contributed by atoms with Crippen LogP contribution in [0.4, 0.5) is 5.95 Å². The van der Waals surface area contributed by atoms with Gasteiger partial charge < -0.3 is 5.32 Å². The van der Waals surface area contributed by atoms with Crippen molar-refractivity contribution >= 4 is 33.9 Å². The summed E-state index contributed by atoms with van der Waals surface area (Å²) in [5.74, 6) is 0.350. The maximum absolute atomic E-state index is 11.7. The number of halogens is 1. The van der Waals surface area contributed by atoms with Crippen LogP contribution in [0.1, 0.15) is 28.8 Å². The van der Waals surface area contributed by atoms with E-state index in [2.05, 4.69) is 26.5 Å². The number of carbonyl (C=O) groups excluding carboxylic acids is 1. The van der Waals surface area contributed by atoms with E-state index >= 15 is 0 Å². The van der Waals surface area contributed by atoms with Crippen molar-refractivity contribution in [2.45, 2.75) is 18.9 Å². The standard InChI is InChI=1S/C21H20ClN7O3S/c1-33(31,32)28-6-4-17(5-7-28)26-21-24-10-15(9-23)20(27-21)16-11-25-29(12-16)19-3-2-14(13-30)8-18(19)22/h2-3,8,10-13,17H,4-7H2,1H3,(H,24,26,27). The molecule has 1 aliphatic rings. The average Bonchev–Trinajstić information content (AvgIpc) is 3.28. The quantitative estimate of drug-likeness (QED) is 0.526. The van der Waals surface area contributed by atoms with Crippen molar-refractivity contribution in [3.63, 3.8) is 0 Å². The van der Waals surface area contributed by atoms with E-state index in [0.29, 0.717) is 65.7 Å². The summed E-state index contributed by atoms with van der Waals surface area (Å²) in [6.07, 6.45) is 7.88. The molecule has 2 aromatic heterocycles. The zero-order chi connectivity index (χ0) is 23.6. The molecule has 12 heteroatoms. The molecule has 0 bridgehead atoms. The highest BCUT2D eigenvalue weighted by atomic mass is 35.5. The van der Waals surface area contributed by atoms with E-state index in [1.807, 2.05) is 0 Å². The third-order valence-corrected chi connectivity index (χ3v) is 6.98. The number of nitriles is 1. The van der Waals surface area contributed by atoms with Gasteiger partial charge in [-0.05, 0) is 31.0 Å². The van der Waals surface area contributed by atoms with Crippen LogP contribution in [0, 0.1) is 11.3 Å². The molecule has 170 valence electrons. The first-order valence-electron chi connectivity index (χ1n) is 10.1. The Balaban J connectivity index is 1.56. The number of hydrogen-bond acceptors (Lipinski definition) is 8. The summed E-state index contributed by atoms with van der Waals surface area (Å²) in [6, 6.07) is 6.98. The number of benzene rings is 1. The molecule has 33 heavy (non-hydrogen) atoms. The van der Waals surface area contributed by atoms with Gasteiger partial charge in [-0.2, -0.15) is 10.4 Å². The maximum atomic E-state index is 11.7. The molecule has 1 N–H and O–H groups in total. The summed E-state index contributed by atoms with van der Waals surface area (Å²) in [7, 11) is -3.20. The minimum Gasteiger partial charge on any atom is -0.351 e. The predicted molar refractivity (Wildman–Crippen MR) is 123 cm³/mol. The molecule has 1 aromatic carbocycles. The van der Waals surface area contributed by atoms with Crippen LogP contribution in [0.2, 0.25) is 5.02 Å². The van der Waals surface area contributed by atoms with E-state index in [9.17, 15) is 18.5 Å². The number of sulfonamides is 1. The van der Waals surface area contributed by atoms with Gasteiger partial charge in [0.1, 0.15) is 12.4 Å². The lowest BCUT2D eigenvalue weighted by Crippen LogP contribution is -2.42. The fourth-order valence-corrected chi connectivity index (χ4v) is 4.78. The number of nitrogens with one attached hydrogen (secondary N) is 1. The fourth-order valence-electron chi connectivity index (χ4n) is 3.63. The van der Waals surface area contributed by atoms with Crippen molar-refractivity contribution in [1.82, 2.24) is 24.1 Å². The van der Waals surface area contributed by atoms with E-state index in [1.54, 1.807) is 35.3 Å². The van der Waals surface area contributed by atoms with Gasteiger partial charge in [0, 0.05) is 36.5 Å². The number of aldehydes is 1. The second-order valence-corrected chi connectivity index (χ2v) is 10.0. The van der Waals surface area contributed by atoms with E-state index in [4.69, 9.17) is 11.6 Å². The van der Waals surface area contributed by atoms with Gasteiger partial charge in [-0.1, -0.05) is 11.6 Å². The Morgan fingerprint density at radius 3 is 2.67 bits per heavy atom. The predicted octanol–water partition coefficient (Wildman–Crippen LogP) is 2.50. The van der Waals surface area contributed by atoms with Gasteiger partial charge in [0.15, 0.2) is 0 Å². The molecule has 0 unspecified atom stereocenters. The number of nitrogens with zero attached hydrogens (tertiary/aromatic N) is 6. The number of rotatable bonds is 6. The Morgan fingerprint density at radius 2 is 2.03 bits per heavy atom. The highest BCUT2D eigenvalue weighted by Crippen LogP contribution is 2.26. The molecule has 1 fully saturated rings. The van der Waals surface area contributed by atoms with Crippen molar-refractivity contribution in [3.8, 4) is 23.0 Å². The minimum atomic E-state index is -3.20. The summed E-state index contributed by atoms with van der Waals surface area (Å²) in [4.78, 5) is 19.7. The molecule has 0 radical (unpaired) electrons. The monoisotopic (exact) mass is 485 g/mol. The van der Waals surface area contributed by atoms with Gasteiger partial charge in [-0.15, -0.1) is 0 Å². The third-order valence-electron chi connectivity index (χ3n) is 5.38. The number of aromatic nitrogens is 4. The first-order valence-corrected chi connectivity index (χ1v) is 12.3. The van der Waals surface area contributed by atoms with Crippen LogP contribution in [0.5, 0.6) is 0 Å². The zero-order valence-electron chi connectivity index (χ0n) is 17.6. The zero-order valence-corrected chi connectivity index (χ0v) is 19.2. The Hall–Kier alpha value is -3.33. The topological polar surface area (TPSA) is 134 Å². The van der Waals surface area contributed by atoms with E-state index < -0.39 is 10.0 Å². The third kappa shape index (κ3) is 5.03. The Bertz CT molecular complexity index is 1340. The summed E-state index contributed by atoms with van der Waals surface area (Å²) in [6.45, 7) is 0.853. The summed E-state index contributed by atoms with van der Waals surface area (Å²) in [5, 5.41) is 17.5. The first-order chi connectivity index (χ1) is 15.8. The molecule has 0 amide bonds. The highest BCUT2D eigenvalue weighted by Gasteiger charge is 2.25. The average molecular weight is 486 g/mol. The van der Waals surface area contributed by atoms with Crippen molar-refractivity contribution in [3.05, 3.63) is 52.9 Å². The van der Waals surface area contributed by atoms with Crippen LogP contribution in [-0.2, 0) is 10.0 Å². The van der Waals surface area contributed by atoms with Crippen molar-refractivity contribution in [1.29, 1.82) is 5.26 Å². The summed E-state index contributed by atoms with van der Waals surface area (Å²) < 4.78 is 26.4. The molecule has 4 rings (SSSR count). The van der Waals surface area contributed by atoms with Gasteiger partial charge in [0.05, 0.1) is 40.6 Å². The largest absolute Gasteiger partial charge is 0.351 e. The van der Waals surface area contributed by atoms with Gasteiger partial charge in [0.2, 0.25) is 16.0 Å². The normalized spacial score (nSPS) is 15.2. The molecular weight excluding hydrogens is 466 g/mol. The lowest BCUT2D eigenvalue weighted by Gasteiger charge is -2.30. The number of anilines is 1.